The first kappa shape index (κ1) is 16.2. The molecule has 24 heavy (non-hydrogen) atoms. The maximum atomic E-state index is 12.7. The Kier molecular flexibility index (Phi) is 4.90. The highest BCUT2D eigenvalue weighted by Gasteiger charge is 2.31. The molecule has 0 heterocycles. The molecular formula is C21H20O3. The number of benzene rings is 2. The Labute approximate surface area is 142 Å². The van der Waals surface area contributed by atoms with Crippen molar-refractivity contribution in [2.24, 2.45) is 0 Å². The lowest BCUT2D eigenvalue weighted by Gasteiger charge is -2.27. The van der Waals surface area contributed by atoms with Crippen molar-refractivity contribution in [1.82, 2.24) is 0 Å². The topological polar surface area (TPSA) is 43.4 Å². The van der Waals surface area contributed by atoms with E-state index in [1.807, 2.05) is 48.5 Å². The number of esters is 1. The highest BCUT2D eigenvalue weighted by molar-refractivity contribution is 6.04. The summed E-state index contributed by atoms with van der Waals surface area (Å²) in [5, 5.41) is 0. The molecule has 1 atom stereocenters. The minimum atomic E-state index is -0.415. The molecule has 0 aromatic heterocycles. The SMILES string of the molecule is CCOC(=O)/C=C(\c1ccccc1)C1C(=O)CCc2ccccc21. The second kappa shape index (κ2) is 7.26. The molecule has 3 nitrogen and oxygen atoms in total. The van der Waals surface area contributed by atoms with Crippen molar-refractivity contribution in [3.63, 3.8) is 0 Å². The van der Waals surface area contributed by atoms with E-state index >= 15 is 0 Å². The maximum absolute atomic E-state index is 12.7. The summed E-state index contributed by atoms with van der Waals surface area (Å²) in [5.74, 6) is -0.679. The Morgan fingerprint density at radius 1 is 1.08 bits per heavy atom. The first-order chi connectivity index (χ1) is 11.7. The van der Waals surface area contributed by atoms with Gasteiger partial charge in [0.25, 0.3) is 0 Å². The van der Waals surface area contributed by atoms with Gasteiger partial charge in [0.05, 0.1) is 12.5 Å². The van der Waals surface area contributed by atoms with Crippen molar-refractivity contribution in [3.05, 3.63) is 77.4 Å². The molecule has 1 aliphatic carbocycles. The molecule has 0 radical (unpaired) electrons. The van der Waals surface area contributed by atoms with Crippen LogP contribution in [0.15, 0.2) is 60.7 Å². The van der Waals surface area contributed by atoms with Gasteiger partial charge in [-0.25, -0.2) is 4.79 Å². The molecule has 0 amide bonds. The minimum Gasteiger partial charge on any atom is -0.463 e. The number of rotatable bonds is 4. The predicted molar refractivity (Wildman–Crippen MR) is 93.6 cm³/mol. The van der Waals surface area contributed by atoms with Gasteiger partial charge in [0.15, 0.2) is 0 Å². The van der Waals surface area contributed by atoms with E-state index in [1.54, 1.807) is 6.92 Å². The third kappa shape index (κ3) is 3.30. The Balaban J connectivity index is 2.12. The van der Waals surface area contributed by atoms with Crippen LogP contribution < -0.4 is 0 Å². The average Bonchev–Trinajstić information content (AvgIpc) is 2.61. The number of ketones is 1. The van der Waals surface area contributed by atoms with Crippen LogP contribution in [0, 0.1) is 0 Å². The second-order valence-electron chi connectivity index (χ2n) is 5.82. The summed E-state index contributed by atoms with van der Waals surface area (Å²) in [6, 6.07) is 17.6. The summed E-state index contributed by atoms with van der Waals surface area (Å²) in [6.07, 6.45) is 2.73. The van der Waals surface area contributed by atoms with Crippen LogP contribution in [0.5, 0.6) is 0 Å². The zero-order valence-electron chi connectivity index (χ0n) is 13.7. The maximum Gasteiger partial charge on any atom is 0.331 e. The third-order valence-corrected chi connectivity index (χ3v) is 4.31. The largest absolute Gasteiger partial charge is 0.463 e. The van der Waals surface area contributed by atoms with Crippen LogP contribution in [0.3, 0.4) is 0 Å². The van der Waals surface area contributed by atoms with Crippen molar-refractivity contribution in [2.75, 3.05) is 6.61 Å². The summed E-state index contributed by atoms with van der Waals surface area (Å²) in [4.78, 5) is 24.8. The summed E-state index contributed by atoms with van der Waals surface area (Å²) in [5.41, 5.74) is 3.76. The lowest BCUT2D eigenvalue weighted by molar-refractivity contribution is -0.137. The zero-order chi connectivity index (χ0) is 16.9. The molecule has 2 aromatic rings. The van der Waals surface area contributed by atoms with E-state index in [9.17, 15) is 9.59 Å². The first-order valence-corrected chi connectivity index (χ1v) is 8.25. The number of carbonyl (C=O) groups is 2. The number of allylic oxidation sites excluding steroid dienone is 1. The molecule has 0 fully saturated rings. The molecular weight excluding hydrogens is 300 g/mol. The molecule has 1 unspecified atom stereocenters. The van der Waals surface area contributed by atoms with Gasteiger partial charge < -0.3 is 4.74 Å². The van der Waals surface area contributed by atoms with Gasteiger partial charge in [-0.15, -0.1) is 0 Å². The van der Waals surface area contributed by atoms with Crippen molar-refractivity contribution in [3.8, 4) is 0 Å². The highest BCUT2D eigenvalue weighted by atomic mass is 16.5. The Bertz CT molecular complexity index is 775. The van der Waals surface area contributed by atoms with Crippen molar-refractivity contribution in [1.29, 1.82) is 0 Å². The lowest BCUT2D eigenvalue weighted by atomic mass is 9.75. The molecule has 0 saturated heterocycles. The molecule has 0 aliphatic heterocycles. The van der Waals surface area contributed by atoms with Gasteiger partial charge in [-0.1, -0.05) is 54.6 Å². The van der Waals surface area contributed by atoms with E-state index in [4.69, 9.17) is 4.74 Å². The Hall–Kier alpha value is -2.68. The fourth-order valence-electron chi connectivity index (χ4n) is 3.23. The smallest absolute Gasteiger partial charge is 0.331 e. The number of fused-ring (bicyclic) bond motifs is 1. The fourth-order valence-corrected chi connectivity index (χ4v) is 3.23. The number of aryl methyl sites for hydroxylation is 1. The van der Waals surface area contributed by atoms with Gasteiger partial charge in [-0.05, 0) is 35.6 Å². The number of hydrogen-bond donors (Lipinski definition) is 0. The van der Waals surface area contributed by atoms with Crippen LogP contribution in [0.2, 0.25) is 0 Å². The van der Waals surface area contributed by atoms with Gasteiger partial charge in [0.1, 0.15) is 5.78 Å². The molecule has 2 aromatic carbocycles. The van der Waals surface area contributed by atoms with Crippen LogP contribution in [0.4, 0.5) is 0 Å². The van der Waals surface area contributed by atoms with Gasteiger partial charge in [-0.2, -0.15) is 0 Å². The first-order valence-electron chi connectivity index (χ1n) is 8.25. The average molecular weight is 320 g/mol. The molecule has 3 heteroatoms. The third-order valence-electron chi connectivity index (χ3n) is 4.31. The van der Waals surface area contributed by atoms with Gasteiger partial charge in [0.2, 0.25) is 0 Å². The van der Waals surface area contributed by atoms with Crippen LogP contribution in [-0.2, 0) is 20.7 Å². The van der Waals surface area contributed by atoms with Crippen molar-refractivity contribution >= 4 is 17.3 Å². The molecule has 3 rings (SSSR count). The van der Waals surface area contributed by atoms with Gasteiger partial charge >= 0.3 is 5.97 Å². The van der Waals surface area contributed by atoms with Gasteiger partial charge in [-0.3, -0.25) is 4.79 Å². The molecule has 0 bridgehead atoms. The fraction of sp³-hybridized carbons (Fsp3) is 0.238. The molecule has 122 valence electrons. The standard InChI is InChI=1S/C21H20O3/c1-2-24-20(23)14-18(15-8-4-3-5-9-15)21-17-11-7-6-10-16(17)12-13-19(21)22/h3-11,14,21H,2,12-13H2,1H3/b18-14+. The van der Waals surface area contributed by atoms with E-state index in [0.29, 0.717) is 18.6 Å². The molecule has 1 aliphatic rings. The van der Waals surface area contributed by atoms with E-state index in [0.717, 1.165) is 17.5 Å². The summed E-state index contributed by atoms with van der Waals surface area (Å²) < 4.78 is 5.08. The van der Waals surface area contributed by atoms with Crippen LogP contribution in [0.25, 0.3) is 5.57 Å². The van der Waals surface area contributed by atoms with Crippen LogP contribution >= 0.6 is 0 Å². The Morgan fingerprint density at radius 2 is 1.79 bits per heavy atom. The van der Waals surface area contributed by atoms with Crippen molar-refractivity contribution in [2.45, 2.75) is 25.7 Å². The summed E-state index contributed by atoms with van der Waals surface area (Å²) >= 11 is 0. The highest BCUT2D eigenvalue weighted by Crippen LogP contribution is 2.39. The van der Waals surface area contributed by atoms with Crippen molar-refractivity contribution < 1.29 is 14.3 Å². The van der Waals surface area contributed by atoms with Crippen LogP contribution in [-0.4, -0.2) is 18.4 Å². The van der Waals surface area contributed by atoms with Gasteiger partial charge in [0, 0.05) is 12.5 Å². The predicted octanol–water partition coefficient (Wildman–Crippen LogP) is 3.93. The molecule has 0 N–H and O–H groups in total. The van der Waals surface area contributed by atoms with E-state index in [1.165, 1.54) is 11.6 Å². The minimum absolute atomic E-state index is 0.146. The van der Waals surface area contributed by atoms with E-state index < -0.39 is 11.9 Å². The van der Waals surface area contributed by atoms with E-state index in [2.05, 4.69) is 6.07 Å². The number of Topliss-reactive ketones (excluding diaryl/α,β-unsaturated/α-hetero) is 1. The number of hydrogen-bond acceptors (Lipinski definition) is 3. The zero-order valence-corrected chi connectivity index (χ0v) is 13.7. The number of ether oxygens (including phenoxy) is 1. The van der Waals surface area contributed by atoms with Crippen LogP contribution in [0.1, 0.15) is 36.0 Å². The molecule has 0 spiro atoms. The van der Waals surface area contributed by atoms with E-state index in [-0.39, 0.29) is 5.78 Å². The normalized spacial score (nSPS) is 17.3. The number of carbonyl (C=O) groups excluding carboxylic acids is 2. The summed E-state index contributed by atoms with van der Waals surface area (Å²) in [7, 11) is 0. The monoisotopic (exact) mass is 320 g/mol. The molecule has 0 saturated carbocycles. The summed E-state index contributed by atoms with van der Waals surface area (Å²) in [6.45, 7) is 2.08. The quantitative estimate of drug-likeness (QED) is 0.633. The second-order valence-corrected chi connectivity index (χ2v) is 5.82. The Morgan fingerprint density at radius 3 is 2.54 bits per heavy atom. The lowest BCUT2D eigenvalue weighted by Crippen LogP contribution is -2.22.